The van der Waals surface area contributed by atoms with Crippen LogP contribution in [-0.2, 0) is 5.41 Å². The molecule has 46 heavy (non-hydrogen) atoms. The number of hydrogen-bond acceptors (Lipinski definition) is 5. The summed E-state index contributed by atoms with van der Waals surface area (Å²) in [4.78, 5) is 4.78. The normalized spacial score (nSPS) is 11.4. The fraction of sp³-hybridized carbons (Fsp3) is 0.128. The summed E-state index contributed by atoms with van der Waals surface area (Å²) < 4.78 is 10.4. The number of rotatable bonds is 5. The molecular formula is C39H30N6O. The highest BCUT2D eigenvalue weighted by Crippen LogP contribution is 2.36. The van der Waals surface area contributed by atoms with E-state index in [9.17, 15) is 10.5 Å². The van der Waals surface area contributed by atoms with Gasteiger partial charge in [-0.25, -0.2) is 9.67 Å². The monoisotopic (exact) mass is 598 g/mol. The number of nitrogens with zero attached hydrogens (tertiary/aromatic N) is 6. The minimum atomic E-state index is -0.0127. The Bertz CT molecular complexity index is 2340. The van der Waals surface area contributed by atoms with Crippen molar-refractivity contribution in [1.82, 2.24) is 19.3 Å². The second kappa shape index (κ2) is 11.1. The zero-order chi connectivity index (χ0) is 32.0. The van der Waals surface area contributed by atoms with E-state index in [1.807, 2.05) is 49.6 Å². The molecule has 0 aliphatic rings. The van der Waals surface area contributed by atoms with Crippen LogP contribution in [0.25, 0.3) is 44.4 Å². The number of fused-ring (bicyclic) bond motifs is 3. The summed E-state index contributed by atoms with van der Waals surface area (Å²) >= 11 is 0. The SMILES string of the molecule is Cc1cc(C#N)c(-c2cnn(-c3cccc(Oc4ccc5c6ccccc6n(-c6cc(C(C)(C)C)ccn6)c5c4)c3)c2)c(C#N)c1. The highest BCUT2D eigenvalue weighted by atomic mass is 16.5. The molecule has 0 aliphatic heterocycles. The maximum Gasteiger partial charge on any atom is 0.137 e. The van der Waals surface area contributed by atoms with Crippen molar-refractivity contribution in [3.05, 3.63) is 132 Å². The summed E-state index contributed by atoms with van der Waals surface area (Å²) in [7, 11) is 0. The van der Waals surface area contributed by atoms with Gasteiger partial charge in [-0.05, 0) is 78.1 Å². The summed E-state index contributed by atoms with van der Waals surface area (Å²) in [5.74, 6) is 2.20. The molecule has 0 saturated carbocycles. The van der Waals surface area contributed by atoms with Crippen LogP contribution in [0.3, 0.4) is 0 Å². The molecule has 0 unspecified atom stereocenters. The van der Waals surface area contributed by atoms with Gasteiger partial charge in [0.05, 0.1) is 46.2 Å². The standard InChI is InChI=1S/C39H30N6O/c1-25-16-26(21-40)38(27(17-25)22-41)28-23-43-44(24-28)30-8-7-9-31(19-30)46-32-12-13-34-33-10-5-6-11-35(33)45(36(34)20-32)37-18-29(14-15-42-37)39(2,3)4/h5-20,23-24H,1-4H3. The predicted molar refractivity (Wildman–Crippen MR) is 181 cm³/mol. The summed E-state index contributed by atoms with van der Waals surface area (Å²) in [6, 6.07) is 34.5. The quantitative estimate of drug-likeness (QED) is 0.197. The number of ether oxygens (including phenoxy) is 1. The van der Waals surface area contributed by atoms with Crippen LogP contribution in [0.5, 0.6) is 11.5 Å². The molecule has 7 heteroatoms. The molecule has 4 aromatic carbocycles. The van der Waals surface area contributed by atoms with E-state index in [2.05, 4.69) is 91.1 Å². The summed E-state index contributed by atoms with van der Waals surface area (Å²) in [6.07, 6.45) is 5.38. The van der Waals surface area contributed by atoms with E-state index in [0.717, 1.165) is 38.9 Å². The van der Waals surface area contributed by atoms with Gasteiger partial charge in [0.15, 0.2) is 0 Å². The van der Waals surface area contributed by atoms with E-state index in [-0.39, 0.29) is 5.41 Å². The lowest BCUT2D eigenvalue weighted by Gasteiger charge is -2.20. The molecular weight excluding hydrogens is 568 g/mol. The largest absolute Gasteiger partial charge is 0.457 e. The molecule has 7 nitrogen and oxygen atoms in total. The molecule has 0 aliphatic carbocycles. The topological polar surface area (TPSA) is 92.4 Å². The highest BCUT2D eigenvalue weighted by molar-refractivity contribution is 6.09. The van der Waals surface area contributed by atoms with Crippen molar-refractivity contribution in [3.63, 3.8) is 0 Å². The first-order valence-corrected chi connectivity index (χ1v) is 15.0. The molecule has 0 N–H and O–H groups in total. The summed E-state index contributed by atoms with van der Waals surface area (Å²) in [5.41, 5.74) is 7.10. The van der Waals surface area contributed by atoms with Crippen molar-refractivity contribution < 1.29 is 4.74 Å². The Morgan fingerprint density at radius 1 is 0.761 bits per heavy atom. The van der Waals surface area contributed by atoms with Crippen LogP contribution in [0.1, 0.15) is 43.0 Å². The fourth-order valence-corrected chi connectivity index (χ4v) is 5.96. The third-order valence-electron chi connectivity index (χ3n) is 8.20. The number of aryl methyl sites for hydroxylation is 1. The van der Waals surface area contributed by atoms with Crippen LogP contribution in [0.2, 0.25) is 0 Å². The van der Waals surface area contributed by atoms with E-state index in [4.69, 9.17) is 9.72 Å². The Morgan fingerprint density at radius 3 is 2.26 bits per heavy atom. The fourth-order valence-electron chi connectivity index (χ4n) is 5.96. The van der Waals surface area contributed by atoms with Crippen molar-refractivity contribution >= 4 is 21.8 Å². The van der Waals surface area contributed by atoms with E-state index in [0.29, 0.717) is 33.8 Å². The first-order valence-electron chi connectivity index (χ1n) is 15.0. The van der Waals surface area contributed by atoms with Crippen LogP contribution < -0.4 is 4.74 Å². The van der Waals surface area contributed by atoms with E-state index in [1.54, 1.807) is 23.0 Å². The van der Waals surface area contributed by atoms with Crippen LogP contribution in [0, 0.1) is 29.6 Å². The first-order chi connectivity index (χ1) is 22.2. The van der Waals surface area contributed by atoms with E-state index in [1.165, 1.54) is 5.56 Å². The molecule has 3 aromatic heterocycles. The molecule has 222 valence electrons. The molecule has 0 saturated heterocycles. The Kier molecular flexibility index (Phi) is 6.88. The first kappa shape index (κ1) is 28.6. The van der Waals surface area contributed by atoms with Gasteiger partial charge in [0, 0.05) is 46.4 Å². The average molecular weight is 599 g/mol. The zero-order valence-corrected chi connectivity index (χ0v) is 26.0. The number of para-hydroxylation sites is 1. The molecule has 7 rings (SSSR count). The lowest BCUT2D eigenvalue weighted by molar-refractivity contribution is 0.483. The number of aromatic nitrogens is 4. The van der Waals surface area contributed by atoms with Crippen LogP contribution in [0.15, 0.2) is 110 Å². The second-order valence-electron chi connectivity index (χ2n) is 12.4. The van der Waals surface area contributed by atoms with Gasteiger partial charge < -0.3 is 4.74 Å². The van der Waals surface area contributed by atoms with Gasteiger partial charge in [-0.3, -0.25) is 4.57 Å². The van der Waals surface area contributed by atoms with Crippen molar-refractivity contribution in [1.29, 1.82) is 10.5 Å². The molecule has 0 atom stereocenters. The third kappa shape index (κ3) is 5.04. The molecule has 0 bridgehead atoms. The Labute approximate surface area is 267 Å². The molecule has 3 heterocycles. The number of pyridine rings is 1. The Morgan fingerprint density at radius 2 is 1.50 bits per heavy atom. The smallest absolute Gasteiger partial charge is 0.137 e. The second-order valence-corrected chi connectivity index (χ2v) is 12.4. The van der Waals surface area contributed by atoms with Gasteiger partial charge >= 0.3 is 0 Å². The van der Waals surface area contributed by atoms with Crippen LogP contribution in [0.4, 0.5) is 0 Å². The molecule has 7 aromatic rings. The van der Waals surface area contributed by atoms with Crippen molar-refractivity contribution in [2.24, 2.45) is 0 Å². The van der Waals surface area contributed by atoms with Crippen LogP contribution in [-0.4, -0.2) is 19.3 Å². The van der Waals surface area contributed by atoms with E-state index < -0.39 is 0 Å². The molecule has 0 amide bonds. The van der Waals surface area contributed by atoms with Gasteiger partial charge in [-0.15, -0.1) is 0 Å². The molecule has 0 spiro atoms. The number of hydrogen-bond donors (Lipinski definition) is 0. The van der Waals surface area contributed by atoms with Crippen molar-refractivity contribution in [3.8, 4) is 46.3 Å². The average Bonchev–Trinajstić information content (AvgIpc) is 3.67. The number of benzene rings is 4. The third-order valence-corrected chi connectivity index (χ3v) is 8.20. The zero-order valence-electron chi connectivity index (χ0n) is 26.0. The summed E-state index contributed by atoms with van der Waals surface area (Å²) in [6.45, 7) is 8.49. The predicted octanol–water partition coefficient (Wildman–Crippen LogP) is 9.17. The van der Waals surface area contributed by atoms with Gasteiger partial charge in [0.2, 0.25) is 0 Å². The number of nitriles is 2. The highest BCUT2D eigenvalue weighted by Gasteiger charge is 2.19. The molecule has 0 radical (unpaired) electrons. The maximum atomic E-state index is 9.75. The summed E-state index contributed by atoms with van der Waals surface area (Å²) in [5, 5.41) is 26.3. The Hall–Kier alpha value is -6.18. The van der Waals surface area contributed by atoms with Gasteiger partial charge in [0.1, 0.15) is 17.3 Å². The lowest BCUT2D eigenvalue weighted by Crippen LogP contribution is -2.12. The lowest BCUT2D eigenvalue weighted by atomic mass is 9.88. The van der Waals surface area contributed by atoms with Gasteiger partial charge in [-0.2, -0.15) is 15.6 Å². The van der Waals surface area contributed by atoms with E-state index >= 15 is 0 Å². The maximum absolute atomic E-state index is 9.75. The van der Waals surface area contributed by atoms with Crippen molar-refractivity contribution in [2.75, 3.05) is 0 Å². The van der Waals surface area contributed by atoms with Gasteiger partial charge in [0.25, 0.3) is 0 Å². The van der Waals surface area contributed by atoms with Gasteiger partial charge in [-0.1, -0.05) is 45.0 Å². The van der Waals surface area contributed by atoms with Crippen molar-refractivity contribution in [2.45, 2.75) is 33.1 Å². The Balaban J connectivity index is 1.26. The minimum absolute atomic E-state index is 0.0127. The minimum Gasteiger partial charge on any atom is -0.457 e. The van der Waals surface area contributed by atoms with Crippen LogP contribution >= 0.6 is 0 Å². The molecule has 0 fully saturated rings.